The van der Waals surface area contributed by atoms with Gasteiger partial charge < -0.3 is 24.1 Å². The highest BCUT2D eigenvalue weighted by Crippen LogP contribution is 2.25. The highest BCUT2D eigenvalue weighted by atomic mass is 16.6. The van der Waals surface area contributed by atoms with E-state index in [0.29, 0.717) is 24.3 Å². The second-order valence-corrected chi connectivity index (χ2v) is 13.5. The van der Waals surface area contributed by atoms with E-state index in [0.717, 1.165) is 19.3 Å². The Morgan fingerprint density at radius 2 is 1.61 bits per heavy atom. The summed E-state index contributed by atoms with van der Waals surface area (Å²) >= 11 is 0. The molecule has 1 aliphatic carbocycles. The lowest BCUT2D eigenvalue weighted by molar-refractivity contribution is -0.157. The zero-order valence-electron chi connectivity index (χ0n) is 27.8. The van der Waals surface area contributed by atoms with Gasteiger partial charge in [0, 0.05) is 13.7 Å². The van der Waals surface area contributed by atoms with Crippen LogP contribution in [0.25, 0.3) is 10.8 Å². The van der Waals surface area contributed by atoms with Crippen LogP contribution in [0.4, 0.5) is 4.79 Å². The van der Waals surface area contributed by atoms with E-state index >= 15 is 0 Å². The Hall–Kier alpha value is -3.01. The van der Waals surface area contributed by atoms with Gasteiger partial charge in [-0.2, -0.15) is 0 Å². The van der Waals surface area contributed by atoms with Crippen LogP contribution in [0.2, 0.25) is 0 Å². The minimum atomic E-state index is -1.19. The first kappa shape index (κ1) is 37.2. The van der Waals surface area contributed by atoms with Crippen LogP contribution in [0.5, 0.6) is 0 Å². The number of aliphatic hydroxyl groups excluding tert-OH is 1. The van der Waals surface area contributed by atoms with Gasteiger partial charge in [-0.1, -0.05) is 55.3 Å². The van der Waals surface area contributed by atoms with Gasteiger partial charge in [0.1, 0.15) is 5.60 Å². The number of benzene rings is 2. The number of esters is 1. The average Bonchev–Trinajstić information content (AvgIpc) is 3.44. The second kappa shape index (κ2) is 17.5. The number of imide groups is 1. The summed E-state index contributed by atoms with van der Waals surface area (Å²) in [6.45, 7) is 13.2. The van der Waals surface area contributed by atoms with Gasteiger partial charge in [-0.05, 0) is 96.4 Å². The van der Waals surface area contributed by atoms with Gasteiger partial charge in [0.05, 0.1) is 24.4 Å². The number of methoxy groups -OCH3 is 1. The summed E-state index contributed by atoms with van der Waals surface area (Å²) in [5.41, 5.74) is 0.438. The fraction of sp³-hybridized carbons (Fsp3) is 0.629. The maximum Gasteiger partial charge on any atom is 0.417 e. The topological polar surface area (TPSA) is 112 Å². The number of carbonyl (C=O) groups is 3. The molecule has 1 aliphatic heterocycles. The molecule has 3 atom stereocenters. The Bertz CT molecular complexity index is 1170. The summed E-state index contributed by atoms with van der Waals surface area (Å²) in [6.07, 6.45) is 4.97. The third-order valence-corrected chi connectivity index (χ3v) is 7.26. The molecule has 2 amide bonds. The van der Waals surface area contributed by atoms with E-state index in [9.17, 15) is 14.4 Å². The van der Waals surface area contributed by atoms with Crippen molar-refractivity contribution >= 4 is 29.2 Å². The Balaban J connectivity index is 0.000000468. The predicted molar refractivity (Wildman–Crippen MR) is 171 cm³/mol. The summed E-state index contributed by atoms with van der Waals surface area (Å²) in [7, 11) is 1.71. The molecule has 0 radical (unpaired) electrons. The van der Waals surface area contributed by atoms with Crippen molar-refractivity contribution in [2.75, 3.05) is 20.3 Å². The van der Waals surface area contributed by atoms with E-state index in [1.807, 2.05) is 45.9 Å². The number of fused-ring (bicyclic) bond motifs is 1. The average molecular weight is 616 g/mol. The SMILES string of the molecule is CC1CC(Cc2cccc3ccccc23)COC[C@H](N(C=O)C(=O)OC(C)(C)C)C(=O)O1.COC(C)(C)C.OC1CCCC1. The normalized spacial score (nSPS) is 21.3. The molecule has 2 aliphatic rings. The van der Waals surface area contributed by atoms with E-state index in [1.165, 1.54) is 29.2 Å². The Morgan fingerprint density at radius 3 is 2.16 bits per heavy atom. The van der Waals surface area contributed by atoms with Crippen LogP contribution in [0.1, 0.15) is 86.1 Å². The quantitative estimate of drug-likeness (QED) is 0.308. The van der Waals surface area contributed by atoms with Crippen molar-refractivity contribution in [2.24, 2.45) is 5.92 Å². The standard InChI is InChI=1S/C25H31NO6.C5H10O.C5H12O/c1-17-12-18(13-20-10-7-9-19-8-5-6-11-21(19)20)14-30-15-22(23(28)31-17)26(16-27)24(29)32-25(2,3)4;6-5-3-1-2-4-5;1-5(2,3)6-4/h5-11,16-18,22H,12-15H2,1-4H3;5-6H,1-4H2;1-4H3/t17?,18?,22-;;/m0../s1. The first-order valence-electron chi connectivity index (χ1n) is 15.6. The molecule has 9 nitrogen and oxygen atoms in total. The molecule has 2 aromatic carbocycles. The molecule has 0 spiro atoms. The van der Waals surface area contributed by atoms with Crippen molar-refractivity contribution < 1.29 is 38.4 Å². The Morgan fingerprint density at radius 1 is 1.00 bits per heavy atom. The van der Waals surface area contributed by atoms with Crippen molar-refractivity contribution in [2.45, 2.75) is 116 Å². The lowest BCUT2D eigenvalue weighted by Gasteiger charge is -2.28. The molecule has 9 heteroatoms. The third-order valence-electron chi connectivity index (χ3n) is 7.26. The summed E-state index contributed by atoms with van der Waals surface area (Å²) in [5.74, 6) is -0.574. The van der Waals surface area contributed by atoms with Crippen molar-refractivity contribution in [3.05, 3.63) is 48.0 Å². The van der Waals surface area contributed by atoms with Crippen LogP contribution >= 0.6 is 0 Å². The van der Waals surface area contributed by atoms with E-state index in [1.54, 1.807) is 27.9 Å². The number of carbonyl (C=O) groups excluding carboxylic acids is 3. The van der Waals surface area contributed by atoms with Crippen LogP contribution in [-0.4, -0.2) is 78.3 Å². The number of amides is 2. The molecular weight excluding hydrogens is 562 g/mol. The van der Waals surface area contributed by atoms with E-state index < -0.39 is 23.7 Å². The van der Waals surface area contributed by atoms with Crippen LogP contribution in [0.15, 0.2) is 42.5 Å². The third kappa shape index (κ3) is 13.3. The van der Waals surface area contributed by atoms with Gasteiger partial charge in [0.15, 0.2) is 6.04 Å². The molecule has 0 bridgehead atoms. The molecule has 44 heavy (non-hydrogen) atoms. The Labute approximate surface area is 263 Å². The highest BCUT2D eigenvalue weighted by Gasteiger charge is 2.36. The maximum absolute atomic E-state index is 12.7. The molecule has 246 valence electrons. The van der Waals surface area contributed by atoms with Crippen molar-refractivity contribution in [3.8, 4) is 0 Å². The van der Waals surface area contributed by atoms with E-state index in [2.05, 4.69) is 24.3 Å². The second-order valence-electron chi connectivity index (χ2n) is 13.5. The number of aliphatic hydroxyl groups is 1. The summed E-state index contributed by atoms with van der Waals surface area (Å²) in [4.78, 5) is 37.5. The molecule has 1 N–H and O–H groups in total. The van der Waals surface area contributed by atoms with E-state index in [4.69, 9.17) is 24.1 Å². The molecule has 2 aromatic rings. The Kier molecular flexibility index (Phi) is 14.8. The number of cyclic esters (lactones) is 1. The van der Waals surface area contributed by atoms with E-state index in [-0.39, 0.29) is 30.3 Å². The monoisotopic (exact) mass is 615 g/mol. The van der Waals surface area contributed by atoms with Crippen molar-refractivity contribution in [1.82, 2.24) is 4.90 Å². The van der Waals surface area contributed by atoms with Crippen molar-refractivity contribution in [1.29, 1.82) is 0 Å². The largest absolute Gasteiger partial charge is 0.461 e. The zero-order valence-corrected chi connectivity index (χ0v) is 27.8. The smallest absolute Gasteiger partial charge is 0.417 e. The number of nitrogens with zero attached hydrogens (tertiary/aromatic N) is 1. The molecule has 4 rings (SSSR count). The number of rotatable bonds is 4. The first-order valence-corrected chi connectivity index (χ1v) is 15.6. The lowest BCUT2D eigenvalue weighted by atomic mass is 9.92. The van der Waals surface area contributed by atoms with Gasteiger partial charge in [-0.15, -0.1) is 0 Å². The molecular formula is C35H53NO8. The maximum atomic E-state index is 12.7. The summed E-state index contributed by atoms with van der Waals surface area (Å²) in [6, 6.07) is 13.2. The van der Waals surface area contributed by atoms with Gasteiger partial charge in [0.25, 0.3) is 0 Å². The summed E-state index contributed by atoms with van der Waals surface area (Å²) < 4.78 is 21.6. The molecule has 1 saturated carbocycles. The lowest BCUT2D eigenvalue weighted by Crippen LogP contribution is -2.49. The predicted octanol–water partition coefficient (Wildman–Crippen LogP) is 6.47. The van der Waals surface area contributed by atoms with Gasteiger partial charge in [0.2, 0.25) is 6.41 Å². The number of ether oxygens (including phenoxy) is 4. The molecule has 2 unspecified atom stereocenters. The van der Waals surface area contributed by atoms with Crippen LogP contribution < -0.4 is 0 Å². The minimum Gasteiger partial charge on any atom is -0.461 e. The zero-order chi connectivity index (χ0) is 32.9. The fourth-order valence-electron chi connectivity index (χ4n) is 4.86. The molecule has 1 saturated heterocycles. The molecule has 1 heterocycles. The first-order chi connectivity index (χ1) is 20.6. The molecule has 2 fully saturated rings. The van der Waals surface area contributed by atoms with Crippen LogP contribution in [0.3, 0.4) is 0 Å². The highest BCUT2D eigenvalue weighted by molar-refractivity contribution is 5.89. The molecule has 0 aromatic heterocycles. The number of hydrogen-bond donors (Lipinski definition) is 1. The number of hydrogen-bond acceptors (Lipinski definition) is 8. The van der Waals surface area contributed by atoms with Gasteiger partial charge in [-0.25, -0.2) is 14.5 Å². The van der Waals surface area contributed by atoms with Crippen LogP contribution in [0, 0.1) is 5.92 Å². The summed E-state index contributed by atoms with van der Waals surface area (Å²) in [5, 5.41) is 11.1. The van der Waals surface area contributed by atoms with Gasteiger partial charge in [-0.3, -0.25) is 4.79 Å². The minimum absolute atomic E-state index is 0.0417. The van der Waals surface area contributed by atoms with Crippen LogP contribution in [-0.2, 0) is 35.0 Å². The fourth-order valence-corrected chi connectivity index (χ4v) is 4.86. The van der Waals surface area contributed by atoms with Crippen molar-refractivity contribution in [3.63, 3.8) is 0 Å². The van der Waals surface area contributed by atoms with Gasteiger partial charge >= 0.3 is 12.1 Å².